The quantitative estimate of drug-likeness (QED) is 0.715. The molecule has 20 heavy (non-hydrogen) atoms. The zero-order chi connectivity index (χ0) is 14.1. The maximum atomic E-state index is 12.2. The first-order valence-electron chi connectivity index (χ1n) is 5.55. The van der Waals surface area contributed by atoms with Gasteiger partial charge < -0.3 is 0 Å². The zero-order valence-corrected chi connectivity index (χ0v) is 17.1. The fourth-order valence-electron chi connectivity index (χ4n) is 1.54. The molecular weight excluding hydrogens is 405 g/mol. The van der Waals surface area contributed by atoms with E-state index in [2.05, 4.69) is 12.5 Å². The Kier molecular flexibility index (Phi) is 5.97. The van der Waals surface area contributed by atoms with Crippen molar-refractivity contribution in [3.63, 3.8) is 0 Å². The van der Waals surface area contributed by atoms with E-state index in [1.54, 1.807) is 34.9 Å². The highest BCUT2D eigenvalue weighted by Crippen LogP contribution is 2.56. The van der Waals surface area contributed by atoms with Gasteiger partial charge in [0.2, 0.25) is 0 Å². The van der Waals surface area contributed by atoms with Gasteiger partial charge in [0.25, 0.3) is 4.74 Å². The first kappa shape index (κ1) is 16.3. The standard InChI is InChI=1S/C11H10OS8/c1-13-8-9(14-2)20-11(19-8)10-17-5(6(12)18-10)7-15-3-4-16-7/h3-4H2,1-2H3. The highest BCUT2D eigenvalue weighted by molar-refractivity contribution is 8.45. The van der Waals surface area contributed by atoms with Crippen molar-refractivity contribution in [2.45, 2.75) is 0 Å². The summed E-state index contributed by atoms with van der Waals surface area (Å²) in [6.07, 6.45) is 4.23. The van der Waals surface area contributed by atoms with E-state index < -0.39 is 0 Å². The maximum absolute atomic E-state index is 12.2. The Morgan fingerprint density at radius 1 is 0.900 bits per heavy atom. The average Bonchev–Trinajstić information content (AvgIpc) is 3.16. The molecule has 1 saturated heterocycles. The molecule has 1 fully saturated rings. The van der Waals surface area contributed by atoms with Gasteiger partial charge in [0.05, 0.1) is 16.9 Å². The normalized spacial score (nSPS) is 19.5. The largest absolute Gasteiger partial charge is 0.276 e. The van der Waals surface area contributed by atoms with E-state index in [0.717, 1.165) is 16.0 Å². The summed E-state index contributed by atoms with van der Waals surface area (Å²) < 4.78 is 7.63. The minimum atomic E-state index is 0.235. The molecule has 0 aliphatic carbocycles. The summed E-state index contributed by atoms with van der Waals surface area (Å²) in [4.78, 5) is 12.2. The Morgan fingerprint density at radius 2 is 1.50 bits per heavy atom. The summed E-state index contributed by atoms with van der Waals surface area (Å²) in [7, 11) is 0. The van der Waals surface area contributed by atoms with Crippen LogP contribution in [-0.2, 0) is 0 Å². The summed E-state index contributed by atoms with van der Waals surface area (Å²) in [6.45, 7) is 0. The first-order valence-corrected chi connectivity index (χ1v) is 13.2. The molecule has 9 heteroatoms. The Balaban J connectivity index is 2.05. The summed E-state index contributed by atoms with van der Waals surface area (Å²) in [5.41, 5.74) is 0. The second-order valence-electron chi connectivity index (χ2n) is 3.57. The highest BCUT2D eigenvalue weighted by atomic mass is 32.3. The van der Waals surface area contributed by atoms with E-state index in [-0.39, 0.29) is 4.74 Å². The molecule has 2 aliphatic rings. The Bertz CT molecular complexity index is 698. The molecule has 0 spiro atoms. The molecule has 0 unspecified atom stereocenters. The molecule has 1 aromatic rings. The Labute approximate surface area is 150 Å². The van der Waals surface area contributed by atoms with Crippen LogP contribution in [-0.4, -0.2) is 24.0 Å². The van der Waals surface area contributed by atoms with Gasteiger partial charge in [-0.2, -0.15) is 0 Å². The van der Waals surface area contributed by atoms with Gasteiger partial charge in [-0.1, -0.05) is 34.9 Å². The molecule has 3 heterocycles. The molecule has 0 atom stereocenters. The van der Waals surface area contributed by atoms with Crippen molar-refractivity contribution in [1.82, 2.24) is 0 Å². The number of hydrogen-bond donors (Lipinski definition) is 0. The van der Waals surface area contributed by atoms with Gasteiger partial charge in [-0.25, -0.2) is 0 Å². The van der Waals surface area contributed by atoms with Crippen LogP contribution < -0.4 is 13.1 Å². The molecule has 1 aromatic heterocycles. The van der Waals surface area contributed by atoms with Crippen LogP contribution in [0.5, 0.6) is 0 Å². The molecule has 108 valence electrons. The van der Waals surface area contributed by atoms with Crippen molar-refractivity contribution in [2.24, 2.45) is 0 Å². The molecule has 0 radical (unpaired) electrons. The fraction of sp³-hybridized carbons (Fsp3) is 0.364. The third-order valence-electron chi connectivity index (χ3n) is 2.38. The van der Waals surface area contributed by atoms with Crippen LogP contribution in [0.25, 0.3) is 8.47 Å². The number of hydrogen-bond acceptors (Lipinski definition) is 9. The Morgan fingerprint density at radius 3 is 2.05 bits per heavy atom. The van der Waals surface area contributed by atoms with Crippen LogP contribution in [0.4, 0.5) is 0 Å². The second-order valence-corrected chi connectivity index (χ2v) is 12.7. The van der Waals surface area contributed by atoms with Crippen LogP contribution >= 0.6 is 93.2 Å². The molecule has 2 aliphatic heterocycles. The lowest BCUT2D eigenvalue weighted by Crippen LogP contribution is -2.14. The van der Waals surface area contributed by atoms with Gasteiger partial charge >= 0.3 is 0 Å². The molecule has 1 nitrogen and oxygen atoms in total. The van der Waals surface area contributed by atoms with Crippen molar-refractivity contribution in [3.05, 3.63) is 26.4 Å². The number of thioether (sulfide) groups is 6. The Hall–Kier alpha value is 1.43. The topological polar surface area (TPSA) is 17.1 Å². The fourth-order valence-corrected chi connectivity index (χ4v) is 12.0. The van der Waals surface area contributed by atoms with Crippen LogP contribution in [0.3, 0.4) is 0 Å². The van der Waals surface area contributed by atoms with Crippen molar-refractivity contribution in [3.8, 4) is 0 Å². The minimum absolute atomic E-state index is 0.235. The van der Waals surface area contributed by atoms with Crippen LogP contribution in [0.2, 0.25) is 0 Å². The first-order chi connectivity index (χ1) is 9.72. The van der Waals surface area contributed by atoms with Gasteiger partial charge in [0, 0.05) is 11.5 Å². The lowest BCUT2D eigenvalue weighted by Gasteiger charge is -1.94. The summed E-state index contributed by atoms with van der Waals surface area (Å²) in [5.74, 6) is 2.26. The zero-order valence-electron chi connectivity index (χ0n) is 10.6. The SMILES string of the molecule is CSC1=C(SC)SC(=c2sc(=O)c(=C3SCCS3)s2)S1. The van der Waals surface area contributed by atoms with Crippen LogP contribution in [0, 0.1) is 0 Å². The monoisotopic (exact) mass is 414 g/mol. The van der Waals surface area contributed by atoms with E-state index in [1.807, 2.05) is 47.0 Å². The predicted octanol–water partition coefficient (Wildman–Crippen LogP) is 4.11. The van der Waals surface area contributed by atoms with Crippen molar-refractivity contribution < 1.29 is 0 Å². The molecule has 0 amide bonds. The molecule has 0 N–H and O–H groups in total. The highest BCUT2D eigenvalue weighted by Gasteiger charge is 2.22. The van der Waals surface area contributed by atoms with Gasteiger partial charge in [-0.15, -0.1) is 58.4 Å². The van der Waals surface area contributed by atoms with E-state index >= 15 is 0 Å². The van der Waals surface area contributed by atoms with E-state index in [1.165, 1.54) is 32.1 Å². The lowest BCUT2D eigenvalue weighted by molar-refractivity contribution is 1.59. The van der Waals surface area contributed by atoms with Crippen LogP contribution in [0.1, 0.15) is 0 Å². The van der Waals surface area contributed by atoms with Gasteiger partial charge in [-0.3, -0.25) is 4.79 Å². The van der Waals surface area contributed by atoms with E-state index in [0.29, 0.717) is 0 Å². The average molecular weight is 415 g/mol. The maximum Gasteiger partial charge on any atom is 0.252 e. The smallest absolute Gasteiger partial charge is 0.252 e. The van der Waals surface area contributed by atoms with Crippen molar-refractivity contribution in [1.29, 1.82) is 0 Å². The molecule has 3 rings (SSSR count). The van der Waals surface area contributed by atoms with Gasteiger partial charge in [0.15, 0.2) is 0 Å². The van der Waals surface area contributed by atoms with Crippen molar-refractivity contribution >= 4 is 102 Å². The summed E-state index contributed by atoms with van der Waals surface area (Å²) in [5, 5.41) is 0. The lowest BCUT2D eigenvalue weighted by atomic mass is 10.9. The van der Waals surface area contributed by atoms with Crippen molar-refractivity contribution in [2.75, 3.05) is 24.0 Å². The van der Waals surface area contributed by atoms with E-state index in [9.17, 15) is 4.79 Å². The van der Waals surface area contributed by atoms with Gasteiger partial charge in [-0.05, 0) is 12.5 Å². The second kappa shape index (κ2) is 7.33. The van der Waals surface area contributed by atoms with E-state index in [4.69, 9.17) is 0 Å². The molecule has 0 bridgehead atoms. The van der Waals surface area contributed by atoms with Crippen LogP contribution in [0.15, 0.2) is 13.3 Å². The molecular formula is C11H10OS8. The van der Waals surface area contributed by atoms with Gasteiger partial charge in [0.1, 0.15) is 8.38 Å². The minimum Gasteiger partial charge on any atom is -0.276 e. The predicted molar refractivity (Wildman–Crippen MR) is 109 cm³/mol. The molecule has 0 saturated carbocycles. The summed E-state index contributed by atoms with van der Waals surface area (Å²) >= 11 is 14.0. The third-order valence-corrected chi connectivity index (χ3v) is 13.5. The summed E-state index contributed by atoms with van der Waals surface area (Å²) in [6, 6.07) is 0. The third kappa shape index (κ3) is 3.34. The number of rotatable bonds is 2. The molecule has 0 aromatic carbocycles.